The highest BCUT2D eigenvalue weighted by molar-refractivity contribution is 7.89. The fourth-order valence-corrected chi connectivity index (χ4v) is 3.39. The highest BCUT2D eigenvalue weighted by atomic mass is 32.2. The van der Waals surface area contributed by atoms with E-state index in [9.17, 15) is 13.2 Å². The first kappa shape index (κ1) is 19.6. The van der Waals surface area contributed by atoms with Gasteiger partial charge in [0.15, 0.2) is 0 Å². The minimum atomic E-state index is -3.65. The van der Waals surface area contributed by atoms with Gasteiger partial charge in [-0.2, -0.15) is 4.31 Å². The fourth-order valence-electron chi connectivity index (χ4n) is 1.99. The van der Waals surface area contributed by atoms with E-state index in [1.807, 2.05) is 13.8 Å². The molecular formula is C16H26N2O4S. The summed E-state index contributed by atoms with van der Waals surface area (Å²) in [7, 11) is -3.65. The molecule has 6 nitrogen and oxygen atoms in total. The first-order chi connectivity index (χ1) is 10.9. The molecule has 1 N–H and O–H groups in total. The van der Waals surface area contributed by atoms with E-state index >= 15 is 0 Å². The number of hydrogen-bond donors (Lipinski definition) is 1. The van der Waals surface area contributed by atoms with Crippen LogP contribution in [0.4, 0.5) is 0 Å². The average Bonchev–Trinajstić information content (AvgIpc) is 2.52. The lowest BCUT2D eigenvalue weighted by molar-refractivity contribution is -0.121. The van der Waals surface area contributed by atoms with Crippen molar-refractivity contribution >= 4 is 15.9 Å². The number of carbonyl (C=O) groups is 1. The molecule has 0 fully saturated rings. The van der Waals surface area contributed by atoms with Gasteiger partial charge in [0.1, 0.15) is 0 Å². The first-order valence-electron chi connectivity index (χ1n) is 7.83. The largest absolute Gasteiger partial charge is 0.382 e. The van der Waals surface area contributed by atoms with Crippen LogP contribution >= 0.6 is 0 Å². The van der Waals surface area contributed by atoms with E-state index in [-0.39, 0.29) is 23.9 Å². The molecule has 0 heterocycles. The second-order valence-corrected chi connectivity index (χ2v) is 7.08. The maximum Gasteiger partial charge on any atom is 0.243 e. The van der Waals surface area contributed by atoms with Gasteiger partial charge in [-0.25, -0.2) is 8.42 Å². The lowest BCUT2D eigenvalue weighted by Gasteiger charge is -2.20. The van der Waals surface area contributed by atoms with Crippen molar-refractivity contribution in [1.82, 2.24) is 9.62 Å². The van der Waals surface area contributed by atoms with Gasteiger partial charge in [0.2, 0.25) is 15.9 Å². The van der Waals surface area contributed by atoms with Crippen LogP contribution in [0.25, 0.3) is 0 Å². The van der Waals surface area contributed by atoms with E-state index in [1.54, 1.807) is 31.2 Å². The van der Waals surface area contributed by atoms with Crippen molar-refractivity contribution in [2.24, 2.45) is 0 Å². The van der Waals surface area contributed by atoms with Gasteiger partial charge < -0.3 is 10.1 Å². The third-order valence-corrected chi connectivity index (χ3v) is 5.26. The summed E-state index contributed by atoms with van der Waals surface area (Å²) < 4.78 is 31.5. The molecule has 0 aliphatic heterocycles. The third kappa shape index (κ3) is 6.29. The number of ether oxygens (including phenoxy) is 1. The normalized spacial score (nSPS) is 11.7. The van der Waals surface area contributed by atoms with Crippen LogP contribution in [0, 0.1) is 6.92 Å². The summed E-state index contributed by atoms with van der Waals surface area (Å²) in [4.78, 5) is 12.1. The van der Waals surface area contributed by atoms with Crippen LogP contribution in [0.3, 0.4) is 0 Å². The molecule has 0 aromatic heterocycles. The minimum Gasteiger partial charge on any atom is -0.382 e. The molecule has 0 saturated carbocycles. The van der Waals surface area contributed by atoms with Crippen LogP contribution in [-0.2, 0) is 19.6 Å². The smallest absolute Gasteiger partial charge is 0.243 e. The van der Waals surface area contributed by atoms with Crippen LogP contribution in [0.5, 0.6) is 0 Å². The van der Waals surface area contributed by atoms with E-state index in [0.29, 0.717) is 26.2 Å². The number of hydrogen-bond acceptors (Lipinski definition) is 4. The van der Waals surface area contributed by atoms with Crippen LogP contribution in [-0.4, -0.2) is 51.5 Å². The lowest BCUT2D eigenvalue weighted by atomic mass is 10.2. The zero-order valence-corrected chi connectivity index (χ0v) is 14.9. The number of carbonyl (C=O) groups excluding carboxylic acids is 1. The number of amides is 1. The van der Waals surface area contributed by atoms with Crippen molar-refractivity contribution in [1.29, 1.82) is 0 Å². The SMILES string of the molecule is CCOCCCNC(=O)CN(CC)S(=O)(=O)c1ccc(C)cc1. The fraction of sp³-hybridized carbons (Fsp3) is 0.562. The van der Waals surface area contributed by atoms with Crippen LogP contribution in [0.1, 0.15) is 25.8 Å². The van der Waals surface area contributed by atoms with Crippen molar-refractivity contribution in [3.8, 4) is 0 Å². The number of benzene rings is 1. The number of nitrogens with one attached hydrogen (secondary N) is 1. The first-order valence-corrected chi connectivity index (χ1v) is 9.27. The van der Waals surface area contributed by atoms with Gasteiger partial charge in [0, 0.05) is 26.3 Å². The molecule has 0 radical (unpaired) electrons. The Hall–Kier alpha value is -1.44. The number of sulfonamides is 1. The van der Waals surface area contributed by atoms with E-state index < -0.39 is 10.0 Å². The van der Waals surface area contributed by atoms with Crippen LogP contribution < -0.4 is 5.32 Å². The van der Waals surface area contributed by atoms with E-state index in [4.69, 9.17) is 4.74 Å². The number of likely N-dealkylation sites (N-methyl/N-ethyl adjacent to an activating group) is 1. The zero-order chi connectivity index (χ0) is 17.3. The molecule has 1 aromatic rings. The molecule has 23 heavy (non-hydrogen) atoms. The number of aryl methyl sites for hydroxylation is 1. The Morgan fingerprint density at radius 3 is 2.43 bits per heavy atom. The zero-order valence-electron chi connectivity index (χ0n) is 14.0. The van der Waals surface area contributed by atoms with Gasteiger partial charge in [-0.15, -0.1) is 0 Å². The van der Waals surface area contributed by atoms with E-state index in [1.165, 1.54) is 4.31 Å². The highest BCUT2D eigenvalue weighted by Crippen LogP contribution is 2.15. The molecule has 1 aromatic carbocycles. The summed E-state index contributed by atoms with van der Waals surface area (Å²) in [6.07, 6.45) is 0.705. The third-order valence-electron chi connectivity index (χ3n) is 3.32. The second-order valence-electron chi connectivity index (χ2n) is 5.14. The Bertz CT molecular complexity index is 585. The van der Waals surface area contributed by atoms with Crippen molar-refractivity contribution in [3.63, 3.8) is 0 Å². The Morgan fingerprint density at radius 1 is 1.22 bits per heavy atom. The maximum atomic E-state index is 12.6. The van der Waals surface area contributed by atoms with Crippen molar-refractivity contribution in [3.05, 3.63) is 29.8 Å². The summed E-state index contributed by atoms with van der Waals surface area (Å²) in [6, 6.07) is 6.61. The summed E-state index contributed by atoms with van der Waals surface area (Å²) in [5.74, 6) is -0.306. The molecule has 0 saturated heterocycles. The Morgan fingerprint density at radius 2 is 1.87 bits per heavy atom. The molecule has 0 spiro atoms. The Balaban J connectivity index is 2.61. The van der Waals surface area contributed by atoms with Crippen LogP contribution in [0.15, 0.2) is 29.2 Å². The van der Waals surface area contributed by atoms with Gasteiger partial charge in [-0.3, -0.25) is 4.79 Å². The summed E-state index contributed by atoms with van der Waals surface area (Å²) in [6.45, 7) is 7.28. The van der Waals surface area contributed by atoms with Crippen molar-refractivity contribution < 1.29 is 17.9 Å². The van der Waals surface area contributed by atoms with Gasteiger partial charge >= 0.3 is 0 Å². The number of nitrogens with zero attached hydrogens (tertiary/aromatic N) is 1. The van der Waals surface area contributed by atoms with Gasteiger partial charge in [-0.1, -0.05) is 24.6 Å². The quantitative estimate of drug-likeness (QED) is 0.655. The summed E-state index contributed by atoms with van der Waals surface area (Å²) in [5.41, 5.74) is 0.985. The standard InChI is InChI=1S/C16H26N2O4S/c1-4-18(13-16(19)17-11-6-12-22-5-2)23(20,21)15-9-7-14(3)8-10-15/h7-10H,4-6,11-13H2,1-3H3,(H,17,19). The highest BCUT2D eigenvalue weighted by Gasteiger charge is 2.24. The van der Waals surface area contributed by atoms with Crippen molar-refractivity contribution in [2.45, 2.75) is 32.1 Å². The summed E-state index contributed by atoms with van der Waals surface area (Å²) in [5, 5.41) is 2.71. The molecule has 0 atom stereocenters. The number of rotatable bonds is 10. The van der Waals surface area contributed by atoms with Gasteiger partial charge in [0.05, 0.1) is 11.4 Å². The Labute approximate surface area is 138 Å². The molecule has 0 aliphatic rings. The monoisotopic (exact) mass is 342 g/mol. The van der Waals surface area contributed by atoms with Gasteiger partial charge in [-0.05, 0) is 32.4 Å². The molecule has 1 amide bonds. The predicted octanol–water partition coefficient (Wildman–Crippen LogP) is 1.55. The predicted molar refractivity (Wildman–Crippen MR) is 89.7 cm³/mol. The molecule has 0 bridgehead atoms. The van der Waals surface area contributed by atoms with E-state index in [0.717, 1.165) is 5.56 Å². The average molecular weight is 342 g/mol. The molecule has 1 rings (SSSR count). The lowest BCUT2D eigenvalue weighted by Crippen LogP contribution is -2.41. The Kier molecular flexibility index (Phi) is 8.22. The minimum absolute atomic E-state index is 0.179. The molecule has 130 valence electrons. The topological polar surface area (TPSA) is 75.7 Å². The second kappa shape index (κ2) is 9.64. The molecular weight excluding hydrogens is 316 g/mol. The van der Waals surface area contributed by atoms with Gasteiger partial charge in [0.25, 0.3) is 0 Å². The molecule has 0 unspecified atom stereocenters. The maximum absolute atomic E-state index is 12.6. The molecule has 7 heteroatoms. The summed E-state index contributed by atoms with van der Waals surface area (Å²) >= 11 is 0. The molecule has 0 aliphatic carbocycles. The van der Waals surface area contributed by atoms with E-state index in [2.05, 4.69) is 5.32 Å². The van der Waals surface area contributed by atoms with Crippen molar-refractivity contribution in [2.75, 3.05) is 32.8 Å². The van der Waals surface area contributed by atoms with Crippen LogP contribution in [0.2, 0.25) is 0 Å².